The summed E-state index contributed by atoms with van der Waals surface area (Å²) in [6.45, 7) is 4.84. The number of hydrogen-bond donors (Lipinski definition) is 1. The Labute approximate surface area is 106 Å². The standard InChI is InChI=1S/C12H18N2O4/c1-9(2)18-12-8-10(17-7-6-13-3)4-5-11(12)14(15)16/h4-5,8-9,13H,6-7H2,1-3H3. The van der Waals surface area contributed by atoms with E-state index in [2.05, 4.69) is 5.32 Å². The maximum absolute atomic E-state index is 10.8. The van der Waals surface area contributed by atoms with Gasteiger partial charge in [0, 0.05) is 18.7 Å². The monoisotopic (exact) mass is 254 g/mol. The fourth-order valence-corrected chi connectivity index (χ4v) is 1.35. The number of benzene rings is 1. The fraction of sp³-hybridized carbons (Fsp3) is 0.500. The molecule has 0 atom stereocenters. The van der Waals surface area contributed by atoms with Gasteiger partial charge in [0.1, 0.15) is 12.4 Å². The van der Waals surface area contributed by atoms with Crippen molar-refractivity contribution in [1.82, 2.24) is 5.32 Å². The maximum Gasteiger partial charge on any atom is 0.311 e. The molecule has 1 aromatic carbocycles. The predicted molar refractivity (Wildman–Crippen MR) is 68.3 cm³/mol. The van der Waals surface area contributed by atoms with Gasteiger partial charge in [-0.25, -0.2) is 0 Å². The Balaban J connectivity index is 2.87. The van der Waals surface area contributed by atoms with E-state index in [4.69, 9.17) is 9.47 Å². The minimum atomic E-state index is -0.463. The molecule has 0 aliphatic heterocycles. The van der Waals surface area contributed by atoms with Crippen LogP contribution in [-0.4, -0.2) is 31.2 Å². The molecule has 6 nitrogen and oxygen atoms in total. The lowest BCUT2D eigenvalue weighted by Crippen LogP contribution is -2.16. The number of nitrogens with one attached hydrogen (secondary N) is 1. The lowest BCUT2D eigenvalue weighted by Gasteiger charge is -2.12. The molecule has 0 bridgehead atoms. The summed E-state index contributed by atoms with van der Waals surface area (Å²) in [5, 5.41) is 13.8. The zero-order chi connectivity index (χ0) is 13.5. The molecule has 0 fully saturated rings. The minimum Gasteiger partial charge on any atom is -0.492 e. The van der Waals surface area contributed by atoms with Gasteiger partial charge < -0.3 is 14.8 Å². The molecule has 18 heavy (non-hydrogen) atoms. The van der Waals surface area contributed by atoms with Crippen LogP contribution in [0.5, 0.6) is 11.5 Å². The highest BCUT2D eigenvalue weighted by Gasteiger charge is 2.17. The number of likely N-dealkylation sites (N-methyl/N-ethyl adjacent to an activating group) is 1. The van der Waals surface area contributed by atoms with Crippen molar-refractivity contribution < 1.29 is 14.4 Å². The van der Waals surface area contributed by atoms with Crippen molar-refractivity contribution in [3.63, 3.8) is 0 Å². The van der Waals surface area contributed by atoms with Crippen LogP contribution in [0.15, 0.2) is 18.2 Å². The van der Waals surface area contributed by atoms with E-state index < -0.39 is 4.92 Å². The first-order valence-electron chi connectivity index (χ1n) is 5.77. The van der Waals surface area contributed by atoms with Gasteiger partial charge in [0.2, 0.25) is 5.75 Å². The molecule has 0 radical (unpaired) electrons. The summed E-state index contributed by atoms with van der Waals surface area (Å²) in [4.78, 5) is 10.4. The molecule has 0 aliphatic carbocycles. The van der Waals surface area contributed by atoms with Crippen molar-refractivity contribution in [2.75, 3.05) is 20.2 Å². The number of nitrogens with zero attached hydrogens (tertiary/aromatic N) is 1. The highest BCUT2D eigenvalue weighted by molar-refractivity contribution is 5.50. The lowest BCUT2D eigenvalue weighted by atomic mass is 10.2. The Kier molecular flexibility index (Phi) is 5.38. The van der Waals surface area contributed by atoms with Crippen LogP contribution in [0.4, 0.5) is 5.69 Å². The Morgan fingerprint density at radius 2 is 2.17 bits per heavy atom. The van der Waals surface area contributed by atoms with Crippen LogP contribution in [0.1, 0.15) is 13.8 Å². The molecule has 1 aromatic rings. The largest absolute Gasteiger partial charge is 0.492 e. The molecule has 0 saturated carbocycles. The third kappa shape index (κ3) is 4.21. The first-order chi connectivity index (χ1) is 8.54. The molecule has 0 unspecified atom stereocenters. The van der Waals surface area contributed by atoms with E-state index in [9.17, 15) is 10.1 Å². The van der Waals surface area contributed by atoms with Crippen LogP contribution in [-0.2, 0) is 0 Å². The van der Waals surface area contributed by atoms with Gasteiger partial charge in [-0.1, -0.05) is 0 Å². The highest BCUT2D eigenvalue weighted by atomic mass is 16.6. The smallest absolute Gasteiger partial charge is 0.311 e. The van der Waals surface area contributed by atoms with E-state index in [1.165, 1.54) is 6.07 Å². The first-order valence-corrected chi connectivity index (χ1v) is 5.77. The summed E-state index contributed by atoms with van der Waals surface area (Å²) in [5.41, 5.74) is -0.0512. The Bertz CT molecular complexity index is 407. The number of ether oxygens (including phenoxy) is 2. The van der Waals surface area contributed by atoms with Gasteiger partial charge in [-0.2, -0.15) is 0 Å². The second kappa shape index (κ2) is 6.80. The molecule has 0 saturated heterocycles. The quantitative estimate of drug-likeness (QED) is 0.457. The second-order valence-corrected chi connectivity index (χ2v) is 4.01. The van der Waals surface area contributed by atoms with Crippen LogP contribution < -0.4 is 14.8 Å². The zero-order valence-corrected chi connectivity index (χ0v) is 10.8. The van der Waals surface area contributed by atoms with E-state index in [0.717, 1.165) is 0 Å². The lowest BCUT2D eigenvalue weighted by molar-refractivity contribution is -0.386. The molecule has 100 valence electrons. The van der Waals surface area contributed by atoms with Gasteiger partial charge >= 0.3 is 5.69 Å². The van der Waals surface area contributed by atoms with E-state index in [1.807, 2.05) is 20.9 Å². The van der Waals surface area contributed by atoms with E-state index >= 15 is 0 Å². The summed E-state index contributed by atoms with van der Waals surface area (Å²) in [5.74, 6) is 0.795. The van der Waals surface area contributed by atoms with Crippen molar-refractivity contribution in [3.8, 4) is 11.5 Å². The molecular weight excluding hydrogens is 236 g/mol. The molecule has 0 aliphatic rings. The average molecular weight is 254 g/mol. The third-order valence-electron chi connectivity index (χ3n) is 2.11. The van der Waals surface area contributed by atoms with Crippen LogP contribution in [0, 0.1) is 10.1 Å². The van der Waals surface area contributed by atoms with Crippen molar-refractivity contribution in [3.05, 3.63) is 28.3 Å². The zero-order valence-electron chi connectivity index (χ0n) is 10.8. The molecule has 0 spiro atoms. The van der Waals surface area contributed by atoms with Gasteiger partial charge in [-0.15, -0.1) is 0 Å². The summed E-state index contributed by atoms with van der Waals surface area (Å²) >= 11 is 0. The number of nitro groups is 1. The van der Waals surface area contributed by atoms with Crippen LogP contribution in [0.2, 0.25) is 0 Å². The summed E-state index contributed by atoms with van der Waals surface area (Å²) in [7, 11) is 1.83. The molecule has 0 heterocycles. The predicted octanol–water partition coefficient (Wildman–Crippen LogP) is 1.98. The minimum absolute atomic E-state index is 0.0512. The van der Waals surface area contributed by atoms with Crippen LogP contribution in [0.3, 0.4) is 0 Å². The van der Waals surface area contributed by atoms with Gasteiger partial charge in [0.25, 0.3) is 0 Å². The summed E-state index contributed by atoms with van der Waals surface area (Å²) < 4.78 is 10.9. The Hall–Kier alpha value is -1.82. The molecule has 0 aromatic heterocycles. The van der Waals surface area contributed by atoms with Crippen LogP contribution >= 0.6 is 0 Å². The van der Waals surface area contributed by atoms with Gasteiger partial charge in [0.15, 0.2) is 0 Å². The van der Waals surface area contributed by atoms with Crippen molar-refractivity contribution in [2.45, 2.75) is 20.0 Å². The number of rotatable bonds is 7. The third-order valence-corrected chi connectivity index (χ3v) is 2.11. The van der Waals surface area contributed by atoms with Gasteiger partial charge in [0.05, 0.1) is 11.0 Å². The molecular formula is C12H18N2O4. The summed E-state index contributed by atoms with van der Waals surface area (Å²) in [6.07, 6.45) is -0.128. The second-order valence-electron chi connectivity index (χ2n) is 4.01. The normalized spacial score (nSPS) is 10.4. The Morgan fingerprint density at radius 3 is 2.72 bits per heavy atom. The van der Waals surface area contributed by atoms with Gasteiger partial charge in [-0.05, 0) is 27.0 Å². The maximum atomic E-state index is 10.8. The molecule has 0 amide bonds. The van der Waals surface area contributed by atoms with E-state index in [0.29, 0.717) is 18.9 Å². The highest BCUT2D eigenvalue weighted by Crippen LogP contribution is 2.31. The van der Waals surface area contributed by atoms with Gasteiger partial charge in [-0.3, -0.25) is 10.1 Å². The number of nitro benzene ring substituents is 1. The van der Waals surface area contributed by atoms with E-state index in [-0.39, 0.29) is 17.5 Å². The molecule has 1 N–H and O–H groups in total. The fourth-order valence-electron chi connectivity index (χ4n) is 1.35. The van der Waals surface area contributed by atoms with Crippen LogP contribution in [0.25, 0.3) is 0 Å². The SMILES string of the molecule is CNCCOc1ccc([N+](=O)[O-])c(OC(C)C)c1. The van der Waals surface area contributed by atoms with Crippen molar-refractivity contribution >= 4 is 5.69 Å². The summed E-state index contributed by atoms with van der Waals surface area (Å²) in [6, 6.07) is 4.52. The average Bonchev–Trinajstić information content (AvgIpc) is 2.28. The number of hydrogen-bond acceptors (Lipinski definition) is 5. The van der Waals surface area contributed by atoms with Crippen molar-refractivity contribution in [2.24, 2.45) is 0 Å². The molecule has 6 heteroatoms. The van der Waals surface area contributed by atoms with E-state index in [1.54, 1.807) is 12.1 Å². The topological polar surface area (TPSA) is 73.6 Å². The Morgan fingerprint density at radius 1 is 1.44 bits per heavy atom. The first kappa shape index (κ1) is 14.2. The molecule has 1 rings (SSSR count). The van der Waals surface area contributed by atoms with Crippen molar-refractivity contribution in [1.29, 1.82) is 0 Å².